The van der Waals surface area contributed by atoms with Gasteiger partial charge < -0.3 is 0 Å². The molecular formula is C22H21N3O2S. The molecule has 0 unspecified atom stereocenters. The second-order valence-corrected chi connectivity index (χ2v) is 8.59. The molecule has 1 aromatic heterocycles. The van der Waals surface area contributed by atoms with Gasteiger partial charge in [0.05, 0.1) is 27.7 Å². The molecule has 6 heteroatoms. The lowest BCUT2D eigenvalue weighted by Gasteiger charge is -2.10. The van der Waals surface area contributed by atoms with Gasteiger partial charge in [-0.2, -0.15) is 5.10 Å². The molecular weight excluding hydrogens is 370 g/mol. The maximum absolute atomic E-state index is 13.0. The van der Waals surface area contributed by atoms with E-state index >= 15 is 0 Å². The first kappa shape index (κ1) is 18.3. The number of aromatic nitrogens is 2. The molecule has 0 aliphatic carbocycles. The number of nitrogens with one attached hydrogen (secondary N) is 1. The number of benzene rings is 3. The van der Waals surface area contributed by atoms with Gasteiger partial charge in [0.1, 0.15) is 0 Å². The van der Waals surface area contributed by atoms with Crippen molar-refractivity contribution in [2.24, 2.45) is 0 Å². The Labute approximate surface area is 164 Å². The monoisotopic (exact) mass is 391 g/mol. The van der Waals surface area contributed by atoms with Gasteiger partial charge in [0.15, 0.2) is 0 Å². The highest BCUT2D eigenvalue weighted by molar-refractivity contribution is 7.92. The Morgan fingerprint density at radius 1 is 0.857 bits per heavy atom. The van der Waals surface area contributed by atoms with Crippen LogP contribution in [0.2, 0.25) is 0 Å². The van der Waals surface area contributed by atoms with Gasteiger partial charge in [-0.15, -0.1) is 0 Å². The van der Waals surface area contributed by atoms with Crippen LogP contribution >= 0.6 is 0 Å². The summed E-state index contributed by atoms with van der Waals surface area (Å²) in [6, 6.07) is 20.8. The average molecular weight is 391 g/mol. The van der Waals surface area contributed by atoms with E-state index in [1.165, 1.54) is 0 Å². The van der Waals surface area contributed by atoms with E-state index in [0.29, 0.717) is 11.4 Å². The average Bonchev–Trinajstić information content (AvgIpc) is 2.96. The van der Waals surface area contributed by atoms with Crippen LogP contribution < -0.4 is 4.72 Å². The van der Waals surface area contributed by atoms with Gasteiger partial charge in [-0.1, -0.05) is 48.0 Å². The molecule has 3 aromatic carbocycles. The molecule has 0 saturated heterocycles. The van der Waals surface area contributed by atoms with E-state index < -0.39 is 10.0 Å². The number of aryl methyl sites for hydroxylation is 2. The number of anilines is 1. The minimum absolute atomic E-state index is 0.230. The molecule has 4 aromatic rings. The topological polar surface area (TPSA) is 64.0 Å². The maximum atomic E-state index is 13.0. The van der Waals surface area contributed by atoms with Crippen LogP contribution in [0.15, 0.2) is 71.6 Å². The summed E-state index contributed by atoms with van der Waals surface area (Å²) >= 11 is 0. The molecule has 28 heavy (non-hydrogen) atoms. The standard InChI is InChI=1S/C22H21N3O2S/c1-15-8-11-20(12-9-15)25-17(3)22(16(2)23-25)24-28(26,27)21-13-10-18-6-4-5-7-19(18)14-21/h4-14,24H,1-3H3. The number of rotatable bonds is 4. The molecule has 1 N–H and O–H groups in total. The lowest BCUT2D eigenvalue weighted by molar-refractivity contribution is 0.601. The van der Waals surface area contributed by atoms with Crippen molar-refractivity contribution in [3.05, 3.63) is 83.7 Å². The van der Waals surface area contributed by atoms with Gasteiger partial charge in [-0.25, -0.2) is 13.1 Å². The molecule has 0 aliphatic rings. The van der Waals surface area contributed by atoms with E-state index in [1.54, 1.807) is 23.7 Å². The Hall–Kier alpha value is -3.12. The van der Waals surface area contributed by atoms with E-state index in [9.17, 15) is 8.42 Å². The van der Waals surface area contributed by atoms with Crippen LogP contribution in [0.4, 0.5) is 5.69 Å². The van der Waals surface area contributed by atoms with Gasteiger partial charge >= 0.3 is 0 Å². The third-order valence-electron chi connectivity index (χ3n) is 4.84. The first-order valence-corrected chi connectivity index (χ1v) is 10.5. The lowest BCUT2D eigenvalue weighted by atomic mass is 10.1. The quantitative estimate of drug-likeness (QED) is 0.546. The van der Waals surface area contributed by atoms with Gasteiger partial charge in [0.2, 0.25) is 0 Å². The number of sulfonamides is 1. The summed E-state index contributed by atoms with van der Waals surface area (Å²) in [6.45, 7) is 5.68. The second kappa shape index (κ2) is 6.80. The zero-order valence-electron chi connectivity index (χ0n) is 16.0. The van der Waals surface area contributed by atoms with Crippen molar-refractivity contribution in [1.82, 2.24) is 9.78 Å². The number of fused-ring (bicyclic) bond motifs is 1. The highest BCUT2D eigenvalue weighted by Gasteiger charge is 2.20. The van der Waals surface area contributed by atoms with Crippen molar-refractivity contribution in [3.63, 3.8) is 0 Å². The molecule has 5 nitrogen and oxygen atoms in total. The lowest BCUT2D eigenvalue weighted by Crippen LogP contribution is -2.14. The van der Waals surface area contributed by atoms with Gasteiger partial charge in [0.25, 0.3) is 10.0 Å². The zero-order chi connectivity index (χ0) is 19.9. The van der Waals surface area contributed by atoms with Crippen molar-refractivity contribution < 1.29 is 8.42 Å². The summed E-state index contributed by atoms with van der Waals surface area (Å²) in [7, 11) is -3.73. The van der Waals surface area contributed by atoms with Crippen molar-refractivity contribution in [1.29, 1.82) is 0 Å². The fourth-order valence-corrected chi connectivity index (χ4v) is 4.47. The van der Waals surface area contributed by atoms with Crippen LogP contribution in [0, 0.1) is 20.8 Å². The molecule has 0 spiro atoms. The molecule has 0 fully saturated rings. The summed E-state index contributed by atoms with van der Waals surface area (Å²) in [5, 5.41) is 6.41. The summed E-state index contributed by atoms with van der Waals surface area (Å²) in [5.41, 5.74) is 3.92. The Balaban J connectivity index is 1.72. The fourth-order valence-electron chi connectivity index (χ4n) is 3.26. The third kappa shape index (κ3) is 3.27. The van der Waals surface area contributed by atoms with E-state index in [1.807, 2.05) is 68.4 Å². The summed E-state index contributed by atoms with van der Waals surface area (Å²) < 4.78 is 30.5. The van der Waals surface area contributed by atoms with Crippen LogP contribution in [0.5, 0.6) is 0 Å². The Kier molecular flexibility index (Phi) is 4.43. The summed E-state index contributed by atoms with van der Waals surface area (Å²) in [4.78, 5) is 0.230. The number of hydrogen-bond acceptors (Lipinski definition) is 3. The van der Waals surface area contributed by atoms with Crippen molar-refractivity contribution >= 4 is 26.5 Å². The van der Waals surface area contributed by atoms with Crippen molar-refractivity contribution in [2.45, 2.75) is 25.7 Å². The number of hydrogen-bond donors (Lipinski definition) is 1. The van der Waals surface area contributed by atoms with Crippen molar-refractivity contribution in [2.75, 3.05) is 4.72 Å². The maximum Gasteiger partial charge on any atom is 0.262 e. The summed E-state index contributed by atoms with van der Waals surface area (Å²) in [5.74, 6) is 0. The molecule has 4 rings (SSSR count). The molecule has 0 saturated carbocycles. The SMILES string of the molecule is Cc1ccc(-n2nc(C)c(NS(=O)(=O)c3ccc4ccccc4c3)c2C)cc1. The Bertz CT molecular complexity index is 1270. The van der Waals surface area contributed by atoms with Gasteiger partial charge in [-0.05, 0) is 55.8 Å². The molecule has 0 bridgehead atoms. The first-order valence-electron chi connectivity index (χ1n) is 9.00. The van der Waals surface area contributed by atoms with E-state index in [4.69, 9.17) is 0 Å². The zero-order valence-corrected chi connectivity index (χ0v) is 16.8. The second-order valence-electron chi connectivity index (χ2n) is 6.91. The van der Waals surface area contributed by atoms with Crippen LogP contribution in [-0.2, 0) is 10.0 Å². The van der Waals surface area contributed by atoms with Crippen LogP contribution in [0.25, 0.3) is 16.5 Å². The predicted octanol–water partition coefficient (Wildman–Crippen LogP) is 4.75. The fraction of sp³-hybridized carbons (Fsp3) is 0.136. The minimum Gasteiger partial charge on any atom is -0.276 e. The van der Waals surface area contributed by atoms with E-state index in [2.05, 4.69) is 9.82 Å². The van der Waals surface area contributed by atoms with Crippen LogP contribution in [0.3, 0.4) is 0 Å². The van der Waals surface area contributed by atoms with E-state index in [-0.39, 0.29) is 4.90 Å². The van der Waals surface area contributed by atoms with Crippen molar-refractivity contribution in [3.8, 4) is 5.69 Å². The smallest absolute Gasteiger partial charge is 0.262 e. The molecule has 142 valence electrons. The Morgan fingerprint density at radius 3 is 2.25 bits per heavy atom. The number of nitrogens with zero attached hydrogens (tertiary/aromatic N) is 2. The molecule has 1 heterocycles. The summed E-state index contributed by atoms with van der Waals surface area (Å²) in [6.07, 6.45) is 0. The molecule has 0 radical (unpaired) electrons. The first-order chi connectivity index (χ1) is 13.3. The van der Waals surface area contributed by atoms with Gasteiger partial charge in [0, 0.05) is 0 Å². The van der Waals surface area contributed by atoms with Crippen LogP contribution in [0.1, 0.15) is 17.0 Å². The molecule has 0 aliphatic heterocycles. The van der Waals surface area contributed by atoms with Gasteiger partial charge in [-0.3, -0.25) is 4.72 Å². The highest BCUT2D eigenvalue weighted by atomic mass is 32.2. The molecule has 0 amide bonds. The largest absolute Gasteiger partial charge is 0.276 e. The van der Waals surface area contributed by atoms with Crippen LogP contribution in [-0.4, -0.2) is 18.2 Å². The Morgan fingerprint density at radius 2 is 1.54 bits per heavy atom. The normalized spacial score (nSPS) is 11.7. The highest BCUT2D eigenvalue weighted by Crippen LogP contribution is 2.27. The predicted molar refractivity (Wildman–Crippen MR) is 113 cm³/mol. The molecule has 0 atom stereocenters. The third-order valence-corrected chi connectivity index (χ3v) is 6.18. The minimum atomic E-state index is -3.73. The van der Waals surface area contributed by atoms with E-state index in [0.717, 1.165) is 27.7 Å².